The fourth-order valence-corrected chi connectivity index (χ4v) is 3.78. The minimum absolute atomic E-state index is 0.0757. The molecule has 0 spiro atoms. The van der Waals surface area contributed by atoms with Crippen molar-refractivity contribution in [3.05, 3.63) is 0 Å². The van der Waals surface area contributed by atoms with E-state index in [-0.39, 0.29) is 24.4 Å². The summed E-state index contributed by atoms with van der Waals surface area (Å²) in [5.41, 5.74) is 0. The smallest absolute Gasteiger partial charge is 0.321 e. The minimum atomic E-state index is -1.08. The highest BCUT2D eigenvalue weighted by Crippen LogP contribution is 2.26. The Balaban J connectivity index is 2.14. The number of nitrogens with one attached hydrogen (secondary N) is 1. The molecule has 3 atom stereocenters. The summed E-state index contributed by atoms with van der Waals surface area (Å²) in [6.07, 6.45) is -0.357. The van der Waals surface area contributed by atoms with Crippen LogP contribution in [0.2, 0.25) is 0 Å². The summed E-state index contributed by atoms with van der Waals surface area (Å²) < 4.78 is 0. The first kappa shape index (κ1) is 15.9. The first-order valence-electron chi connectivity index (χ1n) is 7.10. The zero-order valence-electron chi connectivity index (χ0n) is 12.2. The maximum atomic E-state index is 12.7. The normalized spacial score (nSPS) is 30.0. The standard InChI is InChI=1S/C13H21N3O4S/c1-8-9(2)21-6-5-15(8)13(20)16-4-3-14-12(19)10(16)7-11(17)18/h8-10H,3-7H2,1-2H3,(H,14,19)(H,17,18). The summed E-state index contributed by atoms with van der Waals surface area (Å²) in [5, 5.41) is 11.9. The maximum Gasteiger partial charge on any atom is 0.321 e. The van der Waals surface area contributed by atoms with E-state index in [2.05, 4.69) is 12.2 Å². The van der Waals surface area contributed by atoms with E-state index in [0.29, 0.717) is 24.9 Å². The summed E-state index contributed by atoms with van der Waals surface area (Å²) in [5.74, 6) is -0.601. The van der Waals surface area contributed by atoms with Crippen molar-refractivity contribution < 1.29 is 19.5 Å². The summed E-state index contributed by atoms with van der Waals surface area (Å²) in [4.78, 5) is 38.7. The number of carbonyl (C=O) groups is 3. The number of aliphatic carboxylic acids is 1. The van der Waals surface area contributed by atoms with Gasteiger partial charge in [-0.1, -0.05) is 6.92 Å². The van der Waals surface area contributed by atoms with Gasteiger partial charge < -0.3 is 20.2 Å². The van der Waals surface area contributed by atoms with Crippen LogP contribution in [-0.4, -0.2) is 75.5 Å². The van der Waals surface area contributed by atoms with Crippen molar-refractivity contribution in [3.8, 4) is 0 Å². The fourth-order valence-electron chi connectivity index (χ4n) is 2.68. The van der Waals surface area contributed by atoms with Crippen molar-refractivity contribution in [1.82, 2.24) is 15.1 Å². The molecule has 3 unspecified atom stereocenters. The monoisotopic (exact) mass is 315 g/mol. The van der Waals surface area contributed by atoms with Gasteiger partial charge in [0.2, 0.25) is 5.91 Å². The second kappa shape index (κ2) is 6.55. The molecule has 8 heteroatoms. The number of piperazine rings is 1. The summed E-state index contributed by atoms with van der Waals surface area (Å²) in [7, 11) is 0. The lowest BCUT2D eigenvalue weighted by molar-refractivity contribution is -0.142. The van der Waals surface area contributed by atoms with Gasteiger partial charge in [0.15, 0.2) is 0 Å². The Morgan fingerprint density at radius 2 is 2.05 bits per heavy atom. The molecule has 0 aliphatic carbocycles. The molecular formula is C13H21N3O4S. The molecule has 7 nitrogen and oxygen atoms in total. The van der Waals surface area contributed by atoms with Gasteiger partial charge in [0.05, 0.1) is 6.42 Å². The van der Waals surface area contributed by atoms with Crippen LogP contribution in [0.5, 0.6) is 0 Å². The average Bonchev–Trinajstić information content (AvgIpc) is 2.43. The zero-order valence-corrected chi connectivity index (χ0v) is 13.1. The van der Waals surface area contributed by atoms with Gasteiger partial charge in [0.1, 0.15) is 6.04 Å². The Kier molecular flexibility index (Phi) is 4.97. The number of amides is 3. The molecule has 21 heavy (non-hydrogen) atoms. The predicted octanol–water partition coefficient (Wildman–Crippen LogP) is 0.207. The number of carboxylic acid groups (broad SMARTS) is 1. The van der Waals surface area contributed by atoms with Crippen LogP contribution in [0.15, 0.2) is 0 Å². The molecular weight excluding hydrogens is 294 g/mol. The molecule has 0 aromatic rings. The minimum Gasteiger partial charge on any atom is -0.481 e. The number of thioether (sulfide) groups is 1. The third kappa shape index (κ3) is 3.42. The lowest BCUT2D eigenvalue weighted by Gasteiger charge is -2.43. The Morgan fingerprint density at radius 3 is 2.71 bits per heavy atom. The number of carbonyl (C=O) groups excluding carboxylic acids is 2. The van der Waals surface area contributed by atoms with Gasteiger partial charge in [0.25, 0.3) is 0 Å². The third-order valence-corrected chi connectivity index (χ3v) is 5.41. The van der Waals surface area contributed by atoms with Gasteiger partial charge in [-0.2, -0.15) is 11.8 Å². The molecule has 2 saturated heterocycles. The number of carboxylic acids is 1. The van der Waals surface area contributed by atoms with Gasteiger partial charge >= 0.3 is 12.0 Å². The lowest BCUT2D eigenvalue weighted by Crippen LogP contribution is -2.62. The van der Waals surface area contributed by atoms with Crippen LogP contribution in [0.3, 0.4) is 0 Å². The summed E-state index contributed by atoms with van der Waals surface area (Å²) in [6, 6.07) is -1.07. The summed E-state index contributed by atoms with van der Waals surface area (Å²) in [6.45, 7) is 5.42. The van der Waals surface area contributed by atoms with E-state index in [1.54, 1.807) is 4.90 Å². The second-order valence-corrected chi connectivity index (χ2v) is 6.88. The van der Waals surface area contributed by atoms with E-state index in [9.17, 15) is 14.4 Å². The molecule has 3 amide bonds. The van der Waals surface area contributed by atoms with Crippen molar-refractivity contribution in [2.24, 2.45) is 0 Å². The molecule has 0 saturated carbocycles. The SMILES string of the molecule is CC1SCCN(C(=O)N2CCNC(=O)C2CC(=O)O)C1C. The van der Waals surface area contributed by atoms with E-state index in [4.69, 9.17) is 5.11 Å². The van der Waals surface area contributed by atoms with Crippen LogP contribution >= 0.6 is 11.8 Å². The molecule has 2 aliphatic heterocycles. The van der Waals surface area contributed by atoms with E-state index < -0.39 is 12.0 Å². The molecule has 2 N–H and O–H groups in total. The average molecular weight is 315 g/mol. The molecule has 0 bridgehead atoms. The first-order valence-corrected chi connectivity index (χ1v) is 8.15. The molecule has 2 aliphatic rings. The number of hydrogen-bond acceptors (Lipinski definition) is 4. The van der Waals surface area contributed by atoms with Crippen molar-refractivity contribution in [2.45, 2.75) is 37.6 Å². The van der Waals surface area contributed by atoms with Crippen molar-refractivity contribution in [1.29, 1.82) is 0 Å². The third-order valence-electron chi connectivity index (χ3n) is 4.07. The van der Waals surface area contributed by atoms with Crippen molar-refractivity contribution in [2.75, 3.05) is 25.4 Å². The largest absolute Gasteiger partial charge is 0.481 e. The highest BCUT2D eigenvalue weighted by Gasteiger charge is 2.39. The number of urea groups is 1. The summed E-state index contributed by atoms with van der Waals surface area (Å²) >= 11 is 1.82. The quantitative estimate of drug-likeness (QED) is 0.760. The van der Waals surface area contributed by atoms with Crippen molar-refractivity contribution >= 4 is 29.7 Å². The number of rotatable bonds is 2. The van der Waals surface area contributed by atoms with Crippen molar-refractivity contribution in [3.63, 3.8) is 0 Å². The van der Waals surface area contributed by atoms with Gasteiger partial charge in [-0.15, -0.1) is 0 Å². The van der Waals surface area contributed by atoms with E-state index in [1.807, 2.05) is 18.7 Å². The Labute approximate surface area is 128 Å². The molecule has 0 radical (unpaired) electrons. The lowest BCUT2D eigenvalue weighted by atomic mass is 10.1. The van der Waals surface area contributed by atoms with Gasteiger partial charge in [-0.3, -0.25) is 9.59 Å². The maximum absolute atomic E-state index is 12.7. The molecule has 0 aromatic heterocycles. The molecule has 2 heterocycles. The van der Waals surface area contributed by atoms with Gasteiger partial charge in [0, 0.05) is 36.7 Å². The van der Waals surface area contributed by atoms with Crippen LogP contribution in [-0.2, 0) is 9.59 Å². The number of hydrogen-bond donors (Lipinski definition) is 2. The van der Waals surface area contributed by atoms with Crippen LogP contribution < -0.4 is 5.32 Å². The molecule has 2 rings (SSSR count). The highest BCUT2D eigenvalue weighted by molar-refractivity contribution is 8.00. The zero-order chi connectivity index (χ0) is 15.6. The fraction of sp³-hybridized carbons (Fsp3) is 0.769. The van der Waals surface area contributed by atoms with Crippen LogP contribution in [0, 0.1) is 0 Å². The van der Waals surface area contributed by atoms with Crippen LogP contribution in [0.4, 0.5) is 4.79 Å². The Hall–Kier alpha value is -1.44. The van der Waals surface area contributed by atoms with E-state index in [0.717, 1.165) is 5.75 Å². The van der Waals surface area contributed by atoms with E-state index >= 15 is 0 Å². The molecule has 2 fully saturated rings. The predicted molar refractivity (Wildman–Crippen MR) is 79.2 cm³/mol. The molecule has 0 aromatic carbocycles. The van der Waals surface area contributed by atoms with Gasteiger partial charge in [-0.25, -0.2) is 4.79 Å². The Bertz CT molecular complexity index is 445. The highest BCUT2D eigenvalue weighted by atomic mass is 32.2. The topological polar surface area (TPSA) is 90.0 Å². The first-order chi connectivity index (χ1) is 9.91. The second-order valence-electron chi connectivity index (χ2n) is 5.39. The van der Waals surface area contributed by atoms with Gasteiger partial charge in [-0.05, 0) is 6.92 Å². The van der Waals surface area contributed by atoms with Crippen LogP contribution in [0.1, 0.15) is 20.3 Å². The number of nitrogens with zero attached hydrogens (tertiary/aromatic N) is 2. The van der Waals surface area contributed by atoms with E-state index in [1.165, 1.54) is 4.90 Å². The Morgan fingerprint density at radius 1 is 1.33 bits per heavy atom. The van der Waals surface area contributed by atoms with Crippen LogP contribution in [0.25, 0.3) is 0 Å². The molecule has 118 valence electrons.